The lowest BCUT2D eigenvalue weighted by Gasteiger charge is -2.31. The van der Waals surface area contributed by atoms with E-state index in [1.807, 2.05) is 71.9 Å². The van der Waals surface area contributed by atoms with Crippen molar-refractivity contribution in [3.05, 3.63) is 88.5 Å². The third kappa shape index (κ3) is 4.91. The molecule has 0 aliphatic carbocycles. The summed E-state index contributed by atoms with van der Waals surface area (Å²) in [5.41, 5.74) is 5.07. The predicted molar refractivity (Wildman–Crippen MR) is 142 cm³/mol. The molecule has 1 fully saturated rings. The number of likely N-dealkylation sites (tertiary alicyclic amines) is 1. The first kappa shape index (κ1) is 23.1. The number of hydrogen-bond acceptors (Lipinski definition) is 4. The number of H-pyrrole nitrogens is 1. The Morgan fingerprint density at radius 2 is 1.89 bits per heavy atom. The maximum atomic E-state index is 12.9. The van der Waals surface area contributed by atoms with Gasteiger partial charge in [0, 0.05) is 52.7 Å². The third-order valence-corrected chi connectivity index (χ3v) is 7.61. The third-order valence-electron chi connectivity index (χ3n) is 6.60. The fourth-order valence-corrected chi connectivity index (χ4v) is 5.63. The molecule has 1 aliphatic heterocycles. The number of para-hydroxylation sites is 2. The van der Waals surface area contributed by atoms with Gasteiger partial charge in [0.2, 0.25) is 5.91 Å². The number of hydrogen-bond donors (Lipinski definition) is 2. The number of fused-ring (bicyclic) bond motifs is 1. The van der Waals surface area contributed by atoms with Crippen molar-refractivity contribution < 1.29 is 9.59 Å². The number of aromatic nitrogens is 2. The van der Waals surface area contributed by atoms with Gasteiger partial charge in [-0.1, -0.05) is 43.0 Å². The number of rotatable bonds is 6. The van der Waals surface area contributed by atoms with E-state index in [0.29, 0.717) is 25.2 Å². The summed E-state index contributed by atoms with van der Waals surface area (Å²) in [7, 11) is 0. The molecule has 0 bridgehead atoms. The Morgan fingerprint density at radius 3 is 2.69 bits per heavy atom. The average molecular weight is 485 g/mol. The molecule has 1 aliphatic rings. The number of piperidine rings is 1. The molecule has 2 N–H and O–H groups in total. The van der Waals surface area contributed by atoms with E-state index in [1.54, 1.807) is 0 Å². The van der Waals surface area contributed by atoms with Crippen LogP contribution in [0.5, 0.6) is 0 Å². The lowest BCUT2D eigenvalue weighted by Crippen LogP contribution is -2.38. The number of amides is 2. The first-order valence-electron chi connectivity index (χ1n) is 11.8. The highest BCUT2D eigenvalue weighted by atomic mass is 32.1. The molecule has 1 saturated heterocycles. The van der Waals surface area contributed by atoms with Crippen molar-refractivity contribution in [2.24, 2.45) is 0 Å². The van der Waals surface area contributed by atoms with E-state index in [1.165, 1.54) is 11.3 Å². The largest absolute Gasteiger partial charge is 0.361 e. The summed E-state index contributed by atoms with van der Waals surface area (Å²) in [4.78, 5) is 35.6. The molecule has 178 valence electrons. The predicted octanol–water partition coefficient (Wildman–Crippen LogP) is 5.86. The van der Waals surface area contributed by atoms with Gasteiger partial charge in [0.15, 0.2) is 0 Å². The first-order chi connectivity index (χ1) is 17.0. The van der Waals surface area contributed by atoms with E-state index in [0.717, 1.165) is 51.1 Å². The Labute approximate surface area is 208 Å². The standard InChI is InChI=1S/C28H28N4O2S/c1-18(2)21-7-3-6-10-24(21)30-27(34)25-17-35-28(31-25)19-11-13-32(14-12-19)26(33)15-20-16-29-23-9-5-4-8-22(20)23/h3-10,16-17,19,29H,1,11-15H2,2H3,(H,30,34). The fourth-order valence-electron chi connectivity index (χ4n) is 4.66. The second-order valence-electron chi connectivity index (χ2n) is 9.04. The monoisotopic (exact) mass is 484 g/mol. The van der Waals surface area contributed by atoms with Crippen LogP contribution < -0.4 is 5.32 Å². The van der Waals surface area contributed by atoms with Crippen molar-refractivity contribution in [1.82, 2.24) is 14.9 Å². The van der Waals surface area contributed by atoms with Crippen LogP contribution in [0.15, 0.2) is 66.7 Å². The van der Waals surface area contributed by atoms with Gasteiger partial charge in [0.05, 0.1) is 11.4 Å². The molecule has 3 heterocycles. The Bertz CT molecular complexity index is 1390. The summed E-state index contributed by atoms with van der Waals surface area (Å²) in [6.07, 6.45) is 4.05. The highest BCUT2D eigenvalue weighted by Crippen LogP contribution is 2.31. The Hall–Kier alpha value is -3.71. The number of benzene rings is 2. The zero-order valence-corrected chi connectivity index (χ0v) is 20.5. The van der Waals surface area contributed by atoms with Gasteiger partial charge in [0.1, 0.15) is 5.69 Å². The summed E-state index contributed by atoms with van der Waals surface area (Å²) in [6, 6.07) is 15.7. The second kappa shape index (κ2) is 9.88. The summed E-state index contributed by atoms with van der Waals surface area (Å²) >= 11 is 1.52. The van der Waals surface area contributed by atoms with Crippen LogP contribution >= 0.6 is 11.3 Å². The smallest absolute Gasteiger partial charge is 0.275 e. The lowest BCUT2D eigenvalue weighted by molar-refractivity contribution is -0.131. The molecule has 4 aromatic rings. The quantitative estimate of drug-likeness (QED) is 0.360. The summed E-state index contributed by atoms with van der Waals surface area (Å²) in [5.74, 6) is 0.206. The van der Waals surface area contributed by atoms with Crippen molar-refractivity contribution in [3.63, 3.8) is 0 Å². The summed E-state index contributed by atoms with van der Waals surface area (Å²) in [6.45, 7) is 7.32. The highest BCUT2D eigenvalue weighted by Gasteiger charge is 2.27. The summed E-state index contributed by atoms with van der Waals surface area (Å²) < 4.78 is 0. The number of allylic oxidation sites excluding steroid dienone is 1. The number of nitrogens with one attached hydrogen (secondary N) is 2. The summed E-state index contributed by atoms with van der Waals surface area (Å²) in [5, 5.41) is 6.86. The van der Waals surface area contributed by atoms with E-state index in [4.69, 9.17) is 0 Å². The number of thiazole rings is 1. The SMILES string of the molecule is C=C(C)c1ccccc1NC(=O)c1csc(C2CCN(C(=O)Cc3c[nH]c4ccccc34)CC2)n1. The van der Waals surface area contributed by atoms with Crippen molar-refractivity contribution in [3.8, 4) is 0 Å². The Morgan fingerprint density at radius 1 is 1.14 bits per heavy atom. The molecule has 2 aromatic heterocycles. The van der Waals surface area contributed by atoms with Crippen LogP contribution in [0.4, 0.5) is 5.69 Å². The van der Waals surface area contributed by atoms with Crippen molar-refractivity contribution in [1.29, 1.82) is 0 Å². The van der Waals surface area contributed by atoms with E-state index in [9.17, 15) is 9.59 Å². The maximum absolute atomic E-state index is 12.9. The van der Waals surface area contributed by atoms with E-state index in [2.05, 4.69) is 21.9 Å². The molecule has 5 rings (SSSR count). The molecule has 7 heteroatoms. The van der Waals surface area contributed by atoms with Gasteiger partial charge in [-0.05, 0) is 43.0 Å². The highest BCUT2D eigenvalue weighted by molar-refractivity contribution is 7.10. The molecule has 35 heavy (non-hydrogen) atoms. The minimum absolute atomic E-state index is 0.156. The minimum Gasteiger partial charge on any atom is -0.361 e. The molecule has 2 aromatic carbocycles. The minimum atomic E-state index is -0.215. The van der Waals surface area contributed by atoms with Gasteiger partial charge in [-0.25, -0.2) is 4.98 Å². The lowest BCUT2D eigenvalue weighted by atomic mass is 9.97. The molecule has 0 spiro atoms. The molecule has 0 atom stereocenters. The number of carbonyl (C=O) groups excluding carboxylic acids is 2. The first-order valence-corrected chi connectivity index (χ1v) is 12.7. The van der Waals surface area contributed by atoms with Gasteiger partial charge in [-0.2, -0.15) is 0 Å². The van der Waals surface area contributed by atoms with Crippen LogP contribution in [0.25, 0.3) is 16.5 Å². The fraction of sp³-hybridized carbons (Fsp3) is 0.250. The molecule has 0 unspecified atom stereocenters. The van der Waals surface area contributed by atoms with Gasteiger partial charge in [0.25, 0.3) is 5.91 Å². The van der Waals surface area contributed by atoms with Crippen molar-refractivity contribution in [2.45, 2.75) is 32.1 Å². The van der Waals surface area contributed by atoms with Crippen LogP contribution in [-0.2, 0) is 11.2 Å². The van der Waals surface area contributed by atoms with Gasteiger partial charge < -0.3 is 15.2 Å². The molecular weight excluding hydrogens is 456 g/mol. The Balaban J connectivity index is 1.18. The van der Waals surface area contributed by atoms with Crippen LogP contribution in [-0.4, -0.2) is 39.8 Å². The molecule has 6 nitrogen and oxygen atoms in total. The molecule has 0 saturated carbocycles. The molecule has 2 amide bonds. The normalized spacial score (nSPS) is 14.3. The zero-order chi connectivity index (χ0) is 24.4. The van der Waals surface area contributed by atoms with E-state index < -0.39 is 0 Å². The number of aromatic amines is 1. The molecule has 0 radical (unpaired) electrons. The average Bonchev–Trinajstić information content (AvgIpc) is 3.52. The number of anilines is 1. The maximum Gasteiger partial charge on any atom is 0.275 e. The van der Waals surface area contributed by atoms with Gasteiger partial charge in [-0.3, -0.25) is 9.59 Å². The zero-order valence-electron chi connectivity index (χ0n) is 19.7. The Kier molecular flexibility index (Phi) is 6.51. The van der Waals surface area contributed by atoms with Crippen LogP contribution in [0.2, 0.25) is 0 Å². The van der Waals surface area contributed by atoms with Crippen molar-refractivity contribution >= 4 is 45.3 Å². The number of nitrogens with zero attached hydrogens (tertiary/aromatic N) is 2. The molecular formula is C28H28N4O2S. The topological polar surface area (TPSA) is 78.1 Å². The van der Waals surface area contributed by atoms with Gasteiger partial charge >= 0.3 is 0 Å². The van der Waals surface area contributed by atoms with Crippen LogP contribution in [0.1, 0.15) is 52.3 Å². The van der Waals surface area contributed by atoms with Gasteiger partial charge in [-0.15, -0.1) is 11.3 Å². The van der Waals surface area contributed by atoms with E-state index >= 15 is 0 Å². The number of carbonyl (C=O) groups is 2. The second-order valence-corrected chi connectivity index (χ2v) is 9.93. The van der Waals surface area contributed by atoms with Crippen molar-refractivity contribution in [2.75, 3.05) is 18.4 Å². The van der Waals surface area contributed by atoms with Crippen LogP contribution in [0, 0.1) is 0 Å². The van der Waals surface area contributed by atoms with Crippen LogP contribution in [0.3, 0.4) is 0 Å². The van der Waals surface area contributed by atoms with E-state index in [-0.39, 0.29) is 17.7 Å².